The second kappa shape index (κ2) is 3.38. The maximum atomic E-state index is 11.0. The number of H-pyrrole nitrogens is 1. The zero-order chi connectivity index (χ0) is 10.1. The summed E-state index contributed by atoms with van der Waals surface area (Å²) in [7, 11) is 0. The highest BCUT2D eigenvalue weighted by atomic mass is 32.2. The van der Waals surface area contributed by atoms with E-state index < -0.39 is 0 Å². The van der Waals surface area contributed by atoms with Crippen molar-refractivity contribution in [1.29, 1.82) is 0 Å². The summed E-state index contributed by atoms with van der Waals surface area (Å²) in [5, 5.41) is 4.00. The molecule has 74 valence electrons. The molecule has 0 fully saturated rings. The molecule has 0 spiro atoms. The van der Waals surface area contributed by atoms with Gasteiger partial charge in [0.15, 0.2) is 5.65 Å². The third-order valence-electron chi connectivity index (χ3n) is 1.77. The summed E-state index contributed by atoms with van der Waals surface area (Å²) in [6, 6.07) is 3.11. The smallest absolute Gasteiger partial charge is 0.275 e. The monoisotopic (exact) mass is 210 g/mol. The number of nitrogen functional groups attached to an aromatic ring is 1. The van der Waals surface area contributed by atoms with Crippen LogP contribution in [0, 0.1) is 0 Å². The number of rotatable bonds is 2. The van der Waals surface area contributed by atoms with Gasteiger partial charge in [-0.05, 0) is 5.75 Å². The minimum atomic E-state index is -0.311. The molecule has 6 heteroatoms. The van der Waals surface area contributed by atoms with E-state index in [-0.39, 0.29) is 5.56 Å². The Morgan fingerprint density at radius 2 is 2.43 bits per heavy atom. The molecule has 0 radical (unpaired) electrons. The molecule has 2 rings (SSSR count). The number of anilines is 1. The predicted molar refractivity (Wildman–Crippen MR) is 56.6 cm³/mol. The van der Waals surface area contributed by atoms with E-state index in [4.69, 9.17) is 5.73 Å². The summed E-state index contributed by atoms with van der Waals surface area (Å²) in [4.78, 5) is 14.9. The second-order valence-electron chi connectivity index (χ2n) is 2.77. The van der Waals surface area contributed by atoms with Crippen molar-refractivity contribution in [1.82, 2.24) is 14.6 Å². The van der Waals surface area contributed by atoms with Crippen molar-refractivity contribution in [3.63, 3.8) is 0 Å². The first kappa shape index (κ1) is 9.14. The van der Waals surface area contributed by atoms with Crippen molar-refractivity contribution in [3.05, 3.63) is 22.5 Å². The summed E-state index contributed by atoms with van der Waals surface area (Å²) in [6.07, 6.45) is 0. The van der Waals surface area contributed by atoms with Gasteiger partial charge in [0, 0.05) is 12.1 Å². The lowest BCUT2D eigenvalue weighted by Crippen LogP contribution is -2.10. The Hall–Kier alpha value is -1.43. The van der Waals surface area contributed by atoms with Crippen molar-refractivity contribution < 1.29 is 0 Å². The van der Waals surface area contributed by atoms with E-state index in [9.17, 15) is 4.79 Å². The molecule has 0 atom stereocenters. The van der Waals surface area contributed by atoms with Crippen LogP contribution in [0.25, 0.3) is 5.65 Å². The van der Waals surface area contributed by atoms with E-state index in [0.717, 1.165) is 10.8 Å². The molecule has 3 N–H and O–H groups in total. The van der Waals surface area contributed by atoms with Gasteiger partial charge in [-0.1, -0.05) is 6.92 Å². The van der Waals surface area contributed by atoms with Crippen LogP contribution in [0.15, 0.2) is 22.0 Å². The van der Waals surface area contributed by atoms with Gasteiger partial charge in [-0.2, -0.15) is 4.98 Å². The number of nitrogens with two attached hydrogens (primary N) is 1. The van der Waals surface area contributed by atoms with Gasteiger partial charge in [0.2, 0.25) is 0 Å². The average molecular weight is 210 g/mol. The fraction of sp³-hybridized carbons (Fsp3) is 0.250. The highest BCUT2D eigenvalue weighted by Crippen LogP contribution is 2.17. The van der Waals surface area contributed by atoms with Crippen molar-refractivity contribution in [2.24, 2.45) is 0 Å². The summed E-state index contributed by atoms with van der Waals surface area (Å²) >= 11 is 1.64. The van der Waals surface area contributed by atoms with E-state index in [1.165, 1.54) is 6.07 Å². The van der Waals surface area contributed by atoms with Gasteiger partial charge in [0.05, 0.1) is 5.03 Å². The number of fused-ring (bicyclic) bond motifs is 1. The highest BCUT2D eigenvalue weighted by molar-refractivity contribution is 7.99. The zero-order valence-corrected chi connectivity index (χ0v) is 8.47. The van der Waals surface area contributed by atoms with Crippen LogP contribution in [-0.4, -0.2) is 20.4 Å². The Kier molecular flexibility index (Phi) is 2.20. The van der Waals surface area contributed by atoms with Crippen molar-refractivity contribution in [3.8, 4) is 0 Å². The van der Waals surface area contributed by atoms with Gasteiger partial charge in [-0.3, -0.25) is 9.89 Å². The van der Waals surface area contributed by atoms with Gasteiger partial charge in [0.25, 0.3) is 5.56 Å². The number of aromatic nitrogens is 3. The molecule has 2 aromatic rings. The molecular formula is C8H10N4OS. The van der Waals surface area contributed by atoms with Crippen LogP contribution in [0.3, 0.4) is 0 Å². The molecular weight excluding hydrogens is 200 g/mol. The van der Waals surface area contributed by atoms with Gasteiger partial charge in [-0.15, -0.1) is 11.8 Å². The average Bonchev–Trinajstić information content (AvgIpc) is 2.48. The highest BCUT2D eigenvalue weighted by Gasteiger charge is 2.03. The molecule has 0 saturated carbocycles. The number of aromatic amines is 1. The van der Waals surface area contributed by atoms with Crippen molar-refractivity contribution >= 4 is 23.2 Å². The molecule has 0 aliphatic rings. The molecule has 0 aliphatic carbocycles. The van der Waals surface area contributed by atoms with Crippen molar-refractivity contribution in [2.75, 3.05) is 11.5 Å². The Morgan fingerprint density at radius 1 is 1.64 bits per heavy atom. The van der Waals surface area contributed by atoms with E-state index >= 15 is 0 Å². The maximum Gasteiger partial charge on any atom is 0.275 e. The summed E-state index contributed by atoms with van der Waals surface area (Å²) in [6.45, 7) is 2.05. The van der Waals surface area contributed by atoms with E-state index in [0.29, 0.717) is 11.5 Å². The Morgan fingerprint density at radius 3 is 3.14 bits per heavy atom. The topological polar surface area (TPSA) is 76.2 Å². The lowest BCUT2D eigenvalue weighted by atomic mass is 10.5. The van der Waals surface area contributed by atoms with Crippen LogP contribution in [0.4, 0.5) is 5.82 Å². The molecule has 0 amide bonds. The molecule has 5 nitrogen and oxygen atoms in total. The molecule has 0 saturated heterocycles. The minimum Gasteiger partial charge on any atom is -0.383 e. The van der Waals surface area contributed by atoms with Gasteiger partial charge in [-0.25, -0.2) is 4.52 Å². The lowest BCUT2D eigenvalue weighted by Gasteiger charge is -1.96. The first-order valence-corrected chi connectivity index (χ1v) is 5.20. The van der Waals surface area contributed by atoms with Crippen LogP contribution in [0.2, 0.25) is 0 Å². The quantitative estimate of drug-likeness (QED) is 0.716. The fourth-order valence-corrected chi connectivity index (χ4v) is 1.88. The molecule has 0 aliphatic heterocycles. The molecule has 14 heavy (non-hydrogen) atoms. The third kappa shape index (κ3) is 1.48. The molecule has 2 aromatic heterocycles. The Balaban J connectivity index is 2.64. The van der Waals surface area contributed by atoms with Gasteiger partial charge >= 0.3 is 0 Å². The molecule has 0 aromatic carbocycles. The minimum absolute atomic E-state index is 0.311. The largest absolute Gasteiger partial charge is 0.383 e. The Labute approximate surface area is 84.3 Å². The van der Waals surface area contributed by atoms with Crippen LogP contribution in [0.1, 0.15) is 6.92 Å². The van der Waals surface area contributed by atoms with Crippen LogP contribution < -0.4 is 11.3 Å². The maximum absolute atomic E-state index is 11.0. The van der Waals surface area contributed by atoms with Gasteiger partial charge in [0.1, 0.15) is 5.82 Å². The number of nitrogens with one attached hydrogen (secondary N) is 1. The molecule has 0 unspecified atom stereocenters. The summed E-state index contributed by atoms with van der Waals surface area (Å²) in [5.74, 6) is 1.33. The zero-order valence-electron chi connectivity index (χ0n) is 7.65. The first-order valence-electron chi connectivity index (χ1n) is 4.22. The molecule has 0 bridgehead atoms. The number of hydrogen-bond acceptors (Lipinski definition) is 4. The second-order valence-corrected chi connectivity index (χ2v) is 4.07. The summed E-state index contributed by atoms with van der Waals surface area (Å²) < 4.78 is 1.60. The third-order valence-corrected chi connectivity index (χ3v) is 2.57. The summed E-state index contributed by atoms with van der Waals surface area (Å²) in [5.41, 5.74) is 5.90. The number of nitrogens with zero attached hydrogens (tertiary/aromatic N) is 2. The number of thioether (sulfide) groups is 1. The SMILES string of the molecule is CCSc1cc2nc(=O)cc(N)n2[nH]1. The van der Waals surface area contributed by atoms with Crippen molar-refractivity contribution in [2.45, 2.75) is 11.9 Å². The van der Waals surface area contributed by atoms with Crippen LogP contribution >= 0.6 is 11.8 Å². The fourth-order valence-electron chi connectivity index (χ4n) is 1.23. The van der Waals surface area contributed by atoms with E-state index in [1.54, 1.807) is 16.3 Å². The van der Waals surface area contributed by atoms with E-state index in [1.807, 2.05) is 6.07 Å². The van der Waals surface area contributed by atoms with Crippen LogP contribution in [-0.2, 0) is 0 Å². The number of hydrogen-bond donors (Lipinski definition) is 2. The standard InChI is InChI=1S/C8H10N4OS/c1-2-14-8-4-6-10-7(13)3-5(9)12(6)11-8/h3-4,11H,2,9H2,1H3. The lowest BCUT2D eigenvalue weighted by molar-refractivity contribution is 0.894. The normalized spacial score (nSPS) is 10.9. The van der Waals surface area contributed by atoms with Gasteiger partial charge < -0.3 is 5.73 Å². The Bertz CT molecular complexity index is 516. The first-order chi connectivity index (χ1) is 6.70. The predicted octanol–water partition coefficient (Wildman–Crippen LogP) is 0.717. The van der Waals surface area contributed by atoms with Crippen LogP contribution in [0.5, 0.6) is 0 Å². The molecule has 2 heterocycles. The van der Waals surface area contributed by atoms with E-state index in [2.05, 4.69) is 17.0 Å².